The fourth-order valence-electron chi connectivity index (χ4n) is 9.65. The smallest absolute Gasteiger partial charge is 0.702 e. The molecule has 0 bridgehead atoms. The van der Waals surface area contributed by atoms with E-state index in [1.54, 1.807) is 25.1 Å². The van der Waals surface area contributed by atoms with Crippen LogP contribution in [0.5, 0.6) is 0 Å². The Labute approximate surface area is 294 Å². The normalized spacial score (nSPS) is 32.3. The van der Waals surface area contributed by atoms with E-state index in [1.807, 2.05) is 4.90 Å². The summed E-state index contributed by atoms with van der Waals surface area (Å²) in [6, 6.07) is 14.3. The van der Waals surface area contributed by atoms with Crippen molar-refractivity contribution in [2.24, 2.45) is 23.7 Å². The number of carbonyl (C=O) groups excluding carboxylic acids is 4. The molecule has 3 aromatic rings. The zero-order valence-corrected chi connectivity index (χ0v) is 29.9. The Morgan fingerprint density at radius 3 is 2.88 bits per heavy atom. The summed E-state index contributed by atoms with van der Waals surface area (Å²) in [7, 11) is 0.616. The predicted octanol–water partition coefficient (Wildman–Crippen LogP) is 2.07. The van der Waals surface area contributed by atoms with Crippen LogP contribution in [0.3, 0.4) is 0 Å². The van der Waals surface area contributed by atoms with Crippen LogP contribution in [0.15, 0.2) is 42.6 Å². The molecule has 1 aliphatic carbocycles. The molecule has 12 heteroatoms. The van der Waals surface area contributed by atoms with Crippen molar-refractivity contribution in [2.75, 3.05) is 20.1 Å². The van der Waals surface area contributed by atoms with Crippen LogP contribution < -0.4 is 5.46 Å². The molecule has 1 amide bonds. The van der Waals surface area contributed by atoms with Crippen molar-refractivity contribution in [1.82, 2.24) is 14.8 Å². The van der Waals surface area contributed by atoms with Gasteiger partial charge < -0.3 is 29.1 Å². The molecule has 48 heavy (non-hydrogen) atoms. The number of amides is 1. The molecule has 248 valence electrons. The number of ether oxygens (including phenoxy) is 1. The number of piperidine rings is 2. The first-order valence-electron chi connectivity index (χ1n) is 16.7. The van der Waals surface area contributed by atoms with Gasteiger partial charge in [-0.05, 0) is 62.8 Å². The third-order valence-electron chi connectivity index (χ3n) is 11.7. The van der Waals surface area contributed by atoms with Gasteiger partial charge in [-0.3, -0.25) is 19.3 Å². The first-order chi connectivity index (χ1) is 22.7. The van der Waals surface area contributed by atoms with E-state index >= 15 is 0 Å². The van der Waals surface area contributed by atoms with Crippen LogP contribution in [-0.2, 0) is 62.5 Å². The Balaban J connectivity index is 0.00000364. The van der Waals surface area contributed by atoms with E-state index in [9.17, 15) is 24.2 Å². The molecule has 1 aromatic heterocycles. The zero-order chi connectivity index (χ0) is 32.6. The molecule has 5 heterocycles. The molecule has 4 fully saturated rings. The second kappa shape index (κ2) is 12.7. The SMILES string of the molecule is CN1CC(C(=O)CC2(C)OC3C(C2=O)C(Cc2c[c-]c(B(O)O[C-]=O)cc2)C(=O)N2CCCC32)CC2Cc3cccc4[nH]cc(c34)C21.[W+2]. The molecular formula is C36H38BN3O7W. The van der Waals surface area contributed by atoms with Gasteiger partial charge in [0.2, 0.25) is 5.91 Å². The van der Waals surface area contributed by atoms with Crippen LogP contribution in [0, 0.1) is 29.7 Å². The number of aromatic nitrogens is 1. The number of carbonyl (C=O) groups is 3. The number of ketones is 2. The third kappa shape index (κ3) is 5.33. The van der Waals surface area contributed by atoms with E-state index in [0.29, 0.717) is 25.4 Å². The number of rotatable bonds is 8. The Hall–Kier alpha value is -3.11. The summed E-state index contributed by atoms with van der Waals surface area (Å²) < 4.78 is 11.1. The number of nitrogens with one attached hydrogen (secondary N) is 1. The van der Waals surface area contributed by atoms with Crippen molar-refractivity contribution < 1.29 is 54.7 Å². The molecule has 8 atom stereocenters. The van der Waals surface area contributed by atoms with Crippen LogP contribution in [0.25, 0.3) is 10.9 Å². The molecule has 5 aliphatic rings. The van der Waals surface area contributed by atoms with E-state index in [-0.39, 0.29) is 68.4 Å². The van der Waals surface area contributed by atoms with Gasteiger partial charge in [0.25, 0.3) is 0 Å². The molecular weight excluding hydrogens is 781 g/mol. The van der Waals surface area contributed by atoms with E-state index in [1.165, 1.54) is 23.0 Å². The molecule has 0 radical (unpaired) electrons. The van der Waals surface area contributed by atoms with Gasteiger partial charge in [-0.1, -0.05) is 25.0 Å². The zero-order valence-electron chi connectivity index (χ0n) is 27.0. The summed E-state index contributed by atoms with van der Waals surface area (Å²) >= 11 is 0. The van der Waals surface area contributed by atoms with Gasteiger partial charge in [-0.15, -0.1) is 5.46 Å². The molecule has 0 saturated carbocycles. The number of nitrogens with zero attached hydrogens (tertiary/aromatic N) is 2. The van der Waals surface area contributed by atoms with E-state index in [4.69, 9.17) is 4.74 Å². The second-order valence-corrected chi connectivity index (χ2v) is 14.5. The average molecular weight is 819 g/mol. The molecule has 8 unspecified atom stereocenters. The van der Waals surface area contributed by atoms with Crippen LogP contribution >= 0.6 is 0 Å². The number of hydrogen-bond acceptors (Lipinski definition) is 8. The quantitative estimate of drug-likeness (QED) is 0.262. The van der Waals surface area contributed by atoms with Crippen LogP contribution in [0.2, 0.25) is 0 Å². The second-order valence-electron chi connectivity index (χ2n) is 14.5. The van der Waals surface area contributed by atoms with Gasteiger partial charge in [-0.25, -0.2) is 0 Å². The Kier molecular flexibility index (Phi) is 8.80. The van der Waals surface area contributed by atoms with E-state index < -0.39 is 30.7 Å². The molecule has 0 spiro atoms. The molecule has 8 rings (SSSR count). The van der Waals surface area contributed by atoms with E-state index in [0.717, 1.165) is 36.8 Å². The van der Waals surface area contributed by atoms with Crippen molar-refractivity contribution in [2.45, 2.75) is 69.2 Å². The average Bonchev–Trinajstić information content (AvgIpc) is 3.78. The van der Waals surface area contributed by atoms with Gasteiger partial charge >= 0.3 is 28.2 Å². The van der Waals surface area contributed by atoms with Crippen molar-refractivity contribution in [3.05, 3.63) is 65.4 Å². The number of aromatic amines is 1. The maximum atomic E-state index is 14.4. The topological polar surface area (TPSA) is 129 Å². The molecule has 4 saturated heterocycles. The first-order valence-corrected chi connectivity index (χ1v) is 16.7. The van der Waals surface area contributed by atoms with Gasteiger partial charge in [0.15, 0.2) is 5.78 Å². The molecule has 4 aliphatic heterocycles. The van der Waals surface area contributed by atoms with Gasteiger partial charge in [0.1, 0.15) is 11.4 Å². The van der Waals surface area contributed by atoms with Crippen molar-refractivity contribution >= 4 is 47.4 Å². The number of hydrogen-bond donors (Lipinski definition) is 2. The summed E-state index contributed by atoms with van der Waals surface area (Å²) in [6.45, 7) is 4.22. The monoisotopic (exact) mass is 819 g/mol. The first kappa shape index (κ1) is 33.4. The number of benzene rings is 2. The number of fused-ring (bicyclic) bond motifs is 5. The van der Waals surface area contributed by atoms with Crippen molar-refractivity contribution in [3.63, 3.8) is 0 Å². The fraction of sp³-hybridized carbons (Fsp3) is 0.500. The Bertz CT molecular complexity index is 1770. The van der Waals surface area contributed by atoms with Crippen LogP contribution in [0.1, 0.15) is 55.3 Å². The number of H-pyrrole nitrogens is 1. The summed E-state index contributed by atoms with van der Waals surface area (Å²) in [6.07, 6.45) is 5.26. The summed E-state index contributed by atoms with van der Waals surface area (Å²) in [4.78, 5) is 60.5. The maximum Gasteiger partial charge on any atom is 2.00 e. The van der Waals surface area contributed by atoms with Crippen LogP contribution in [0.4, 0.5) is 0 Å². The number of likely N-dealkylation sites (tertiary alicyclic amines) is 1. The van der Waals surface area contributed by atoms with Crippen molar-refractivity contribution in [1.29, 1.82) is 0 Å². The minimum atomic E-state index is -1.48. The van der Waals surface area contributed by atoms with Gasteiger partial charge in [0, 0.05) is 54.5 Å². The minimum Gasteiger partial charge on any atom is -0.702 e. The fourth-order valence-corrected chi connectivity index (χ4v) is 9.65. The standard InChI is InChI=1S/C36H38BN3O7.W/c1-36(16-29(42)23-15-22-14-21-5-3-6-27-30(21)26(17-38-27)32(22)39(2)18-23)34(43)31-25(35(44)40-12-4-7-28(40)33(31)47-36)13-20-8-10-24(11-9-20)37(45)46-19-41;/h3,5-6,8-10,17,22-23,25,28,31-33,38,45H,4,7,12-16,18H2,1-2H3;/q-2;+2. The Morgan fingerprint density at radius 1 is 1.27 bits per heavy atom. The third-order valence-corrected chi connectivity index (χ3v) is 11.7. The Morgan fingerprint density at radius 2 is 2.10 bits per heavy atom. The summed E-state index contributed by atoms with van der Waals surface area (Å²) in [5.74, 6) is -1.36. The van der Waals surface area contributed by atoms with Crippen LogP contribution in [-0.4, -0.2) is 88.8 Å². The van der Waals surface area contributed by atoms with Gasteiger partial charge in [0.05, 0.1) is 18.1 Å². The predicted molar refractivity (Wildman–Crippen MR) is 172 cm³/mol. The number of Topliss-reactive ketones (excluding diaryl/α,β-unsaturated/α-hetero) is 2. The maximum absolute atomic E-state index is 14.4. The summed E-state index contributed by atoms with van der Waals surface area (Å²) in [5.41, 5.74) is 3.50. The largest absolute Gasteiger partial charge is 2.00 e. The van der Waals surface area contributed by atoms with E-state index in [2.05, 4.69) is 52.0 Å². The molecule has 2 aromatic carbocycles. The minimum absolute atomic E-state index is 0. The summed E-state index contributed by atoms with van der Waals surface area (Å²) in [5, 5.41) is 11.2. The molecule has 2 N–H and O–H groups in total. The van der Waals surface area contributed by atoms with Crippen molar-refractivity contribution in [3.8, 4) is 0 Å². The molecule has 10 nitrogen and oxygen atoms in total. The van der Waals surface area contributed by atoms with Gasteiger partial charge in [-0.2, -0.15) is 29.8 Å².